The molecule has 0 fully saturated rings. The van der Waals surface area contributed by atoms with E-state index < -0.39 is 6.10 Å². The lowest BCUT2D eigenvalue weighted by molar-refractivity contribution is 0.0569. The van der Waals surface area contributed by atoms with Gasteiger partial charge in [-0.2, -0.15) is 0 Å². The third-order valence-corrected chi connectivity index (χ3v) is 4.03. The third-order valence-electron chi connectivity index (χ3n) is 4.03. The van der Waals surface area contributed by atoms with Crippen LogP contribution >= 0.6 is 0 Å². The molecule has 3 rings (SSSR count). The van der Waals surface area contributed by atoms with Crippen LogP contribution in [0, 0.1) is 19.3 Å². The van der Waals surface area contributed by atoms with E-state index in [0.717, 1.165) is 5.69 Å². The van der Waals surface area contributed by atoms with Crippen LogP contribution in [0.4, 0.5) is 0 Å². The molecule has 1 aliphatic rings. The third kappa shape index (κ3) is 2.84. The van der Waals surface area contributed by atoms with Gasteiger partial charge >= 0.3 is 0 Å². The molecule has 0 unspecified atom stereocenters. The zero-order chi connectivity index (χ0) is 17.3. The maximum atomic E-state index is 12.7. The van der Waals surface area contributed by atoms with Gasteiger partial charge in [0.15, 0.2) is 0 Å². The highest BCUT2D eigenvalue weighted by molar-refractivity contribution is 5.93. The van der Waals surface area contributed by atoms with Gasteiger partial charge < -0.3 is 19.1 Å². The number of amides is 1. The number of aliphatic hydroxyl groups excluding tert-OH is 1. The van der Waals surface area contributed by atoms with E-state index >= 15 is 0 Å². The van der Waals surface area contributed by atoms with E-state index in [1.165, 1.54) is 9.47 Å². The number of aliphatic hydroxyl groups is 1. The van der Waals surface area contributed by atoms with E-state index in [1.54, 1.807) is 29.2 Å². The summed E-state index contributed by atoms with van der Waals surface area (Å²) in [5.74, 6) is 2.10. The van der Waals surface area contributed by atoms with Crippen LogP contribution in [0.5, 0.6) is 0 Å². The second kappa shape index (κ2) is 6.34. The molecule has 0 spiro atoms. The van der Waals surface area contributed by atoms with Gasteiger partial charge in [0.2, 0.25) is 0 Å². The molecule has 0 aliphatic carbocycles. The predicted octanol–water partition coefficient (Wildman–Crippen LogP) is 0.182. The van der Waals surface area contributed by atoms with E-state index in [4.69, 9.17) is 6.42 Å². The summed E-state index contributed by atoms with van der Waals surface area (Å²) < 4.78 is 3.12. The van der Waals surface area contributed by atoms with Crippen LogP contribution in [0.3, 0.4) is 0 Å². The fraction of sp³-hybridized carbons (Fsp3) is 0.353. The minimum Gasteiger partial charge on any atom is -0.390 e. The lowest BCUT2D eigenvalue weighted by Gasteiger charge is -2.31. The number of pyridine rings is 1. The topological polar surface area (TPSA) is 80.4 Å². The van der Waals surface area contributed by atoms with Gasteiger partial charge in [0.05, 0.1) is 18.1 Å². The number of nitrogens with zero attached hydrogens (tertiary/aromatic N) is 4. The molecule has 0 radical (unpaired) electrons. The van der Waals surface area contributed by atoms with Crippen molar-refractivity contribution in [3.05, 3.63) is 46.4 Å². The lowest BCUT2D eigenvalue weighted by Crippen LogP contribution is -2.47. The first-order chi connectivity index (χ1) is 11.5. The first-order valence-electron chi connectivity index (χ1n) is 7.67. The van der Waals surface area contributed by atoms with Crippen LogP contribution in [-0.4, -0.2) is 49.2 Å². The Bertz CT molecular complexity index is 875. The molecule has 3 heterocycles. The molecule has 7 heteroatoms. The minimum absolute atomic E-state index is 0.166. The number of fused-ring (bicyclic) bond motifs is 1. The summed E-state index contributed by atoms with van der Waals surface area (Å²) in [4.78, 5) is 30.9. The van der Waals surface area contributed by atoms with Crippen molar-refractivity contribution >= 4 is 5.91 Å². The Labute approximate surface area is 139 Å². The molecule has 1 N–H and O–H groups in total. The molecule has 0 bridgehead atoms. The summed E-state index contributed by atoms with van der Waals surface area (Å²) in [6, 6.07) is 3.25. The number of β-amino-alcohol motifs (C(OH)–C–C–N with tert-alkyl or cyclic N) is 1. The molecule has 24 heavy (non-hydrogen) atoms. The summed E-state index contributed by atoms with van der Waals surface area (Å²) in [6.07, 6.45) is 7.94. The number of terminal acetylenes is 1. The smallest absolute Gasteiger partial charge is 0.275 e. The summed E-state index contributed by atoms with van der Waals surface area (Å²) >= 11 is 0. The van der Waals surface area contributed by atoms with Crippen LogP contribution in [0.2, 0.25) is 0 Å². The standard InChI is InChI=1S/C17H18N4O3/c1-3-4-13(22)10-19-7-8-21-15(16(19)23)6-5-14(17(21)24)20-9-12(2)18-11-20/h1,5-6,9,11,13,22H,4,7-8,10H2,2H3/t13-/m0/s1. The van der Waals surface area contributed by atoms with E-state index in [1.807, 2.05) is 6.92 Å². The second-order valence-electron chi connectivity index (χ2n) is 5.80. The zero-order valence-corrected chi connectivity index (χ0v) is 13.3. The number of carbonyl (C=O) groups excluding carboxylic acids is 1. The quantitative estimate of drug-likeness (QED) is 0.813. The SMILES string of the molecule is C#CC[C@H](O)CN1CCn2c(ccc(-n3cnc(C)c3)c2=O)C1=O. The van der Waals surface area contributed by atoms with Crippen LogP contribution in [0.1, 0.15) is 22.6 Å². The Morgan fingerprint density at radius 2 is 2.17 bits per heavy atom. The van der Waals surface area contributed by atoms with Crippen molar-refractivity contribution in [2.24, 2.45) is 0 Å². The molecule has 0 aromatic carbocycles. The number of imidazole rings is 1. The van der Waals surface area contributed by atoms with Gasteiger partial charge in [0.25, 0.3) is 11.5 Å². The Morgan fingerprint density at radius 3 is 2.83 bits per heavy atom. The van der Waals surface area contributed by atoms with Gasteiger partial charge in [-0.25, -0.2) is 4.98 Å². The highest BCUT2D eigenvalue weighted by Crippen LogP contribution is 2.14. The summed E-state index contributed by atoms with van der Waals surface area (Å²) in [7, 11) is 0. The summed E-state index contributed by atoms with van der Waals surface area (Å²) in [5.41, 5.74) is 1.34. The summed E-state index contributed by atoms with van der Waals surface area (Å²) in [5, 5.41) is 9.80. The van der Waals surface area contributed by atoms with Crippen molar-refractivity contribution in [3.8, 4) is 18.0 Å². The van der Waals surface area contributed by atoms with Gasteiger partial charge in [-0.05, 0) is 19.1 Å². The highest BCUT2D eigenvalue weighted by Gasteiger charge is 2.27. The molecule has 2 aromatic rings. The van der Waals surface area contributed by atoms with Gasteiger partial charge in [-0.1, -0.05) is 0 Å². The van der Waals surface area contributed by atoms with E-state index in [9.17, 15) is 14.7 Å². The van der Waals surface area contributed by atoms with Crippen molar-refractivity contribution < 1.29 is 9.90 Å². The van der Waals surface area contributed by atoms with Crippen molar-refractivity contribution in [3.63, 3.8) is 0 Å². The van der Waals surface area contributed by atoms with Crippen molar-refractivity contribution in [2.45, 2.75) is 26.0 Å². The molecule has 1 atom stereocenters. The predicted molar refractivity (Wildman–Crippen MR) is 87.9 cm³/mol. The Hall–Kier alpha value is -2.85. The fourth-order valence-corrected chi connectivity index (χ4v) is 2.84. The van der Waals surface area contributed by atoms with Crippen LogP contribution in [-0.2, 0) is 6.54 Å². The Balaban J connectivity index is 1.91. The van der Waals surface area contributed by atoms with Crippen LogP contribution in [0.15, 0.2) is 29.5 Å². The van der Waals surface area contributed by atoms with E-state index in [2.05, 4.69) is 10.9 Å². The first-order valence-corrected chi connectivity index (χ1v) is 7.67. The average molecular weight is 326 g/mol. The van der Waals surface area contributed by atoms with Gasteiger partial charge in [0.1, 0.15) is 11.4 Å². The molecule has 0 saturated carbocycles. The molecule has 1 amide bonds. The maximum Gasteiger partial charge on any atom is 0.275 e. The number of aryl methyl sites for hydroxylation is 1. The van der Waals surface area contributed by atoms with Crippen LogP contribution in [0.25, 0.3) is 5.69 Å². The molecular formula is C17H18N4O3. The average Bonchev–Trinajstić information content (AvgIpc) is 2.97. The lowest BCUT2D eigenvalue weighted by atomic mass is 10.2. The molecule has 0 saturated heterocycles. The Morgan fingerprint density at radius 1 is 1.38 bits per heavy atom. The molecular weight excluding hydrogens is 308 g/mol. The number of hydrogen-bond donors (Lipinski definition) is 1. The number of aromatic nitrogens is 3. The van der Waals surface area contributed by atoms with Crippen molar-refractivity contribution in [2.75, 3.05) is 13.1 Å². The second-order valence-corrected chi connectivity index (χ2v) is 5.80. The van der Waals surface area contributed by atoms with E-state index in [-0.39, 0.29) is 24.4 Å². The monoisotopic (exact) mass is 326 g/mol. The molecule has 2 aromatic heterocycles. The number of carbonyl (C=O) groups is 1. The highest BCUT2D eigenvalue weighted by atomic mass is 16.3. The Kier molecular flexibility index (Phi) is 4.23. The number of rotatable bonds is 4. The van der Waals surface area contributed by atoms with Gasteiger partial charge in [0, 0.05) is 32.3 Å². The minimum atomic E-state index is -0.759. The van der Waals surface area contributed by atoms with E-state index in [0.29, 0.717) is 24.5 Å². The number of hydrogen-bond acceptors (Lipinski definition) is 4. The largest absolute Gasteiger partial charge is 0.390 e. The molecule has 124 valence electrons. The first kappa shape index (κ1) is 16.0. The zero-order valence-electron chi connectivity index (χ0n) is 13.3. The van der Waals surface area contributed by atoms with Gasteiger partial charge in [-0.3, -0.25) is 9.59 Å². The summed E-state index contributed by atoms with van der Waals surface area (Å²) in [6.45, 7) is 2.75. The van der Waals surface area contributed by atoms with Crippen molar-refractivity contribution in [1.29, 1.82) is 0 Å². The van der Waals surface area contributed by atoms with Crippen molar-refractivity contribution in [1.82, 2.24) is 19.0 Å². The molecule has 7 nitrogen and oxygen atoms in total. The fourth-order valence-electron chi connectivity index (χ4n) is 2.84. The van der Waals surface area contributed by atoms with Crippen LogP contribution < -0.4 is 5.56 Å². The maximum absolute atomic E-state index is 12.7. The van der Waals surface area contributed by atoms with Gasteiger partial charge in [-0.15, -0.1) is 12.3 Å². The normalized spacial score (nSPS) is 15.0. The molecule has 1 aliphatic heterocycles.